The van der Waals surface area contributed by atoms with Crippen molar-refractivity contribution in [1.82, 2.24) is 24.7 Å². The minimum atomic E-state index is 0.248. The van der Waals surface area contributed by atoms with Crippen LogP contribution in [-0.4, -0.2) is 50.9 Å². The van der Waals surface area contributed by atoms with Gasteiger partial charge in [0, 0.05) is 18.0 Å². The fourth-order valence-corrected chi connectivity index (χ4v) is 3.81. The van der Waals surface area contributed by atoms with Crippen LogP contribution < -0.4 is 5.32 Å². The number of nitrogens with one attached hydrogen (secondary N) is 1. The van der Waals surface area contributed by atoms with Crippen LogP contribution in [0.25, 0.3) is 5.65 Å². The molecule has 0 atom stereocenters. The van der Waals surface area contributed by atoms with Crippen molar-refractivity contribution in [2.24, 2.45) is 0 Å². The summed E-state index contributed by atoms with van der Waals surface area (Å²) < 4.78 is 1.82. The maximum Gasteiger partial charge on any atom is 0.200 e. The standard InChI is InChI=1S/C17H26N6/c1-22(2)17(8-4-3-5-9-17)11-18-15-10-14(13-6-7-13)21-23-12-19-20-16(15)23/h10,12-13,18H,3-9,11H2,1-2H3. The molecule has 1 N–H and O–H groups in total. The van der Waals surface area contributed by atoms with Crippen molar-refractivity contribution >= 4 is 11.3 Å². The highest BCUT2D eigenvalue weighted by atomic mass is 15.4. The minimum absolute atomic E-state index is 0.248. The molecule has 2 aliphatic rings. The van der Waals surface area contributed by atoms with Crippen LogP contribution in [0.15, 0.2) is 12.4 Å². The lowest BCUT2D eigenvalue weighted by Crippen LogP contribution is -2.51. The van der Waals surface area contributed by atoms with E-state index in [9.17, 15) is 0 Å². The molecule has 0 bridgehead atoms. The monoisotopic (exact) mass is 314 g/mol. The first-order chi connectivity index (χ1) is 11.2. The van der Waals surface area contributed by atoms with Gasteiger partial charge >= 0.3 is 0 Å². The third-order valence-corrected chi connectivity index (χ3v) is 5.62. The lowest BCUT2D eigenvalue weighted by molar-refractivity contribution is 0.113. The number of likely N-dealkylation sites (N-methyl/N-ethyl adjacent to an activating group) is 1. The molecule has 2 aromatic heterocycles. The zero-order valence-corrected chi connectivity index (χ0v) is 14.1. The van der Waals surface area contributed by atoms with E-state index in [-0.39, 0.29) is 5.54 Å². The third kappa shape index (κ3) is 2.80. The molecule has 0 aliphatic heterocycles. The molecule has 2 heterocycles. The quantitative estimate of drug-likeness (QED) is 0.919. The predicted molar refractivity (Wildman–Crippen MR) is 90.7 cm³/mol. The van der Waals surface area contributed by atoms with Gasteiger partial charge in [0.25, 0.3) is 0 Å². The van der Waals surface area contributed by atoms with E-state index >= 15 is 0 Å². The van der Waals surface area contributed by atoms with Crippen LogP contribution in [0.2, 0.25) is 0 Å². The Morgan fingerprint density at radius 1 is 1.26 bits per heavy atom. The molecule has 0 saturated heterocycles. The van der Waals surface area contributed by atoms with E-state index in [1.54, 1.807) is 6.33 Å². The fourth-order valence-electron chi connectivity index (χ4n) is 3.81. The molecule has 2 aliphatic carbocycles. The number of nitrogens with zero attached hydrogens (tertiary/aromatic N) is 5. The molecule has 124 valence electrons. The number of hydrogen-bond acceptors (Lipinski definition) is 5. The van der Waals surface area contributed by atoms with Crippen LogP contribution in [-0.2, 0) is 0 Å². The fraction of sp³-hybridized carbons (Fsp3) is 0.706. The van der Waals surface area contributed by atoms with Crippen molar-refractivity contribution in [3.8, 4) is 0 Å². The van der Waals surface area contributed by atoms with Crippen LogP contribution in [0.4, 0.5) is 5.69 Å². The molecular weight excluding hydrogens is 288 g/mol. The molecular formula is C17H26N6. The van der Waals surface area contributed by atoms with E-state index in [2.05, 4.69) is 45.7 Å². The first-order valence-electron chi connectivity index (χ1n) is 8.80. The Kier molecular flexibility index (Phi) is 3.71. The zero-order valence-electron chi connectivity index (χ0n) is 14.1. The maximum atomic E-state index is 4.65. The highest BCUT2D eigenvalue weighted by molar-refractivity contribution is 5.67. The second-order valence-electron chi connectivity index (χ2n) is 7.39. The molecule has 2 aromatic rings. The Hall–Kier alpha value is -1.69. The summed E-state index contributed by atoms with van der Waals surface area (Å²) in [6.45, 7) is 0.955. The van der Waals surface area contributed by atoms with Crippen molar-refractivity contribution in [3.05, 3.63) is 18.1 Å². The molecule has 6 nitrogen and oxygen atoms in total. The smallest absolute Gasteiger partial charge is 0.200 e. The third-order valence-electron chi connectivity index (χ3n) is 5.62. The lowest BCUT2D eigenvalue weighted by Gasteiger charge is -2.43. The number of hydrogen-bond donors (Lipinski definition) is 1. The van der Waals surface area contributed by atoms with Gasteiger partial charge in [-0.15, -0.1) is 10.2 Å². The molecule has 0 aromatic carbocycles. The van der Waals surface area contributed by atoms with Gasteiger partial charge in [-0.2, -0.15) is 9.61 Å². The average molecular weight is 314 g/mol. The number of rotatable bonds is 5. The zero-order chi connectivity index (χ0) is 15.9. The number of aromatic nitrogens is 4. The van der Waals surface area contributed by atoms with Gasteiger partial charge in [0.1, 0.15) is 6.33 Å². The van der Waals surface area contributed by atoms with E-state index in [0.717, 1.165) is 17.9 Å². The van der Waals surface area contributed by atoms with Gasteiger partial charge in [0.15, 0.2) is 0 Å². The summed E-state index contributed by atoms with van der Waals surface area (Å²) in [5.74, 6) is 0.625. The van der Waals surface area contributed by atoms with Gasteiger partial charge in [-0.25, -0.2) is 0 Å². The van der Waals surface area contributed by atoms with Crippen LogP contribution in [0.1, 0.15) is 56.6 Å². The van der Waals surface area contributed by atoms with Gasteiger partial charge in [-0.05, 0) is 45.8 Å². The summed E-state index contributed by atoms with van der Waals surface area (Å²) in [4.78, 5) is 2.41. The number of anilines is 1. The Labute approximate surface area is 137 Å². The molecule has 4 rings (SSSR count). The van der Waals surface area contributed by atoms with E-state index in [1.165, 1.54) is 50.6 Å². The van der Waals surface area contributed by atoms with Crippen LogP contribution in [0.5, 0.6) is 0 Å². The van der Waals surface area contributed by atoms with E-state index in [1.807, 2.05) is 4.52 Å². The molecule has 6 heteroatoms. The predicted octanol–water partition coefficient (Wildman–Crippen LogP) is 2.68. The van der Waals surface area contributed by atoms with Gasteiger partial charge in [-0.1, -0.05) is 19.3 Å². The summed E-state index contributed by atoms with van der Waals surface area (Å²) in [6.07, 6.45) is 10.7. The second kappa shape index (κ2) is 5.74. The normalized spacial score (nSPS) is 21.0. The Morgan fingerprint density at radius 2 is 2.04 bits per heavy atom. The second-order valence-corrected chi connectivity index (χ2v) is 7.39. The summed E-state index contributed by atoms with van der Waals surface area (Å²) >= 11 is 0. The molecule has 0 spiro atoms. The van der Waals surface area contributed by atoms with Crippen LogP contribution in [0.3, 0.4) is 0 Å². The van der Waals surface area contributed by atoms with Gasteiger partial charge in [-0.3, -0.25) is 0 Å². The lowest BCUT2D eigenvalue weighted by atomic mass is 9.80. The van der Waals surface area contributed by atoms with E-state index in [0.29, 0.717) is 5.92 Å². The Bertz CT molecular complexity index is 681. The molecule has 2 saturated carbocycles. The summed E-state index contributed by atoms with van der Waals surface area (Å²) in [5.41, 5.74) is 3.32. The Balaban J connectivity index is 1.60. The van der Waals surface area contributed by atoms with Gasteiger partial charge < -0.3 is 10.2 Å². The first-order valence-corrected chi connectivity index (χ1v) is 8.80. The molecule has 0 amide bonds. The maximum absolute atomic E-state index is 4.65. The van der Waals surface area contributed by atoms with Gasteiger partial charge in [0.05, 0.1) is 11.4 Å². The van der Waals surface area contributed by atoms with Crippen molar-refractivity contribution in [2.45, 2.75) is 56.4 Å². The SMILES string of the molecule is CN(C)C1(CNc2cc(C3CC3)nn3cnnc23)CCCCC1. The summed E-state index contributed by atoms with van der Waals surface area (Å²) in [5, 5.41) is 16.6. The number of fused-ring (bicyclic) bond motifs is 1. The minimum Gasteiger partial charge on any atom is -0.380 e. The Morgan fingerprint density at radius 3 is 2.74 bits per heavy atom. The summed E-state index contributed by atoms with van der Waals surface area (Å²) in [7, 11) is 4.42. The van der Waals surface area contributed by atoms with Gasteiger partial charge in [0.2, 0.25) is 5.65 Å². The topological polar surface area (TPSA) is 58.4 Å². The first kappa shape index (κ1) is 14.9. The highest BCUT2D eigenvalue weighted by Crippen LogP contribution is 2.40. The van der Waals surface area contributed by atoms with E-state index in [4.69, 9.17) is 0 Å². The van der Waals surface area contributed by atoms with Crippen LogP contribution >= 0.6 is 0 Å². The van der Waals surface area contributed by atoms with Crippen molar-refractivity contribution in [3.63, 3.8) is 0 Å². The van der Waals surface area contributed by atoms with Crippen molar-refractivity contribution < 1.29 is 0 Å². The molecule has 0 radical (unpaired) electrons. The highest BCUT2D eigenvalue weighted by Gasteiger charge is 2.34. The molecule has 23 heavy (non-hydrogen) atoms. The molecule has 2 fully saturated rings. The van der Waals surface area contributed by atoms with Crippen molar-refractivity contribution in [1.29, 1.82) is 0 Å². The van der Waals surface area contributed by atoms with E-state index < -0.39 is 0 Å². The average Bonchev–Trinajstić information content (AvgIpc) is 3.31. The molecule has 0 unspecified atom stereocenters. The summed E-state index contributed by atoms with van der Waals surface area (Å²) in [6, 6.07) is 2.19. The van der Waals surface area contributed by atoms with Crippen molar-refractivity contribution in [2.75, 3.05) is 26.0 Å². The largest absolute Gasteiger partial charge is 0.380 e. The van der Waals surface area contributed by atoms with Crippen LogP contribution in [0, 0.1) is 0 Å².